The molecule has 1 atom stereocenters. The van der Waals surface area contributed by atoms with Crippen molar-refractivity contribution in [1.29, 1.82) is 0 Å². The molecule has 4 heteroatoms. The molecule has 3 N–H and O–H groups in total. The summed E-state index contributed by atoms with van der Waals surface area (Å²) in [5.74, 6) is 0.356. The summed E-state index contributed by atoms with van der Waals surface area (Å²) < 4.78 is 0. The van der Waals surface area contributed by atoms with E-state index in [1.807, 2.05) is 0 Å². The molecule has 1 unspecified atom stereocenters. The number of aliphatic hydroxyl groups excluding tert-OH is 1. The van der Waals surface area contributed by atoms with E-state index in [-0.39, 0.29) is 24.0 Å². The van der Waals surface area contributed by atoms with Gasteiger partial charge >= 0.3 is 0 Å². The van der Waals surface area contributed by atoms with Gasteiger partial charge in [0.15, 0.2) is 0 Å². The molecule has 2 fully saturated rings. The van der Waals surface area contributed by atoms with Crippen molar-refractivity contribution in [3.05, 3.63) is 0 Å². The van der Waals surface area contributed by atoms with Gasteiger partial charge in [-0.15, -0.1) is 0 Å². The highest BCUT2D eigenvalue weighted by Gasteiger charge is 2.25. The van der Waals surface area contributed by atoms with Crippen LogP contribution in [0.1, 0.15) is 38.5 Å². The Morgan fingerprint density at radius 1 is 1.19 bits per heavy atom. The molecule has 2 rings (SSSR count). The molecule has 1 aliphatic carbocycles. The van der Waals surface area contributed by atoms with Crippen LogP contribution in [0.15, 0.2) is 0 Å². The lowest BCUT2D eigenvalue weighted by Crippen LogP contribution is -2.45. The van der Waals surface area contributed by atoms with Gasteiger partial charge in [0, 0.05) is 12.6 Å². The second kappa shape index (κ2) is 5.64. The number of carbonyl (C=O) groups excluding carboxylic acids is 1. The lowest BCUT2D eigenvalue weighted by atomic mass is 9.92. The Morgan fingerprint density at radius 3 is 2.56 bits per heavy atom. The topological polar surface area (TPSA) is 61.4 Å². The van der Waals surface area contributed by atoms with E-state index in [1.165, 1.54) is 0 Å². The molecule has 1 saturated heterocycles. The van der Waals surface area contributed by atoms with E-state index in [2.05, 4.69) is 10.6 Å². The lowest BCUT2D eigenvalue weighted by molar-refractivity contribution is -0.126. The van der Waals surface area contributed by atoms with Crippen molar-refractivity contribution in [1.82, 2.24) is 10.6 Å². The van der Waals surface area contributed by atoms with E-state index in [1.54, 1.807) is 0 Å². The van der Waals surface area contributed by atoms with Crippen LogP contribution in [0.2, 0.25) is 0 Å². The number of hydrogen-bond acceptors (Lipinski definition) is 3. The Morgan fingerprint density at radius 2 is 1.94 bits per heavy atom. The molecule has 92 valence electrons. The maximum Gasteiger partial charge on any atom is 0.224 e. The van der Waals surface area contributed by atoms with Crippen molar-refractivity contribution in [3.8, 4) is 0 Å². The van der Waals surface area contributed by atoms with Crippen LogP contribution in [0, 0.1) is 5.92 Å². The number of piperidine rings is 1. The van der Waals surface area contributed by atoms with Gasteiger partial charge < -0.3 is 15.7 Å². The number of amides is 1. The summed E-state index contributed by atoms with van der Waals surface area (Å²) in [6.45, 7) is 1.86. The van der Waals surface area contributed by atoms with Gasteiger partial charge in [0.05, 0.1) is 12.0 Å². The van der Waals surface area contributed by atoms with E-state index >= 15 is 0 Å². The summed E-state index contributed by atoms with van der Waals surface area (Å²) in [7, 11) is 0. The highest BCUT2D eigenvalue weighted by atomic mass is 16.3. The van der Waals surface area contributed by atoms with Crippen molar-refractivity contribution in [2.45, 2.75) is 50.7 Å². The quantitative estimate of drug-likeness (QED) is 0.639. The summed E-state index contributed by atoms with van der Waals surface area (Å²) in [6.07, 6.45) is 5.46. The molecule has 0 aromatic carbocycles. The Labute approximate surface area is 96.8 Å². The lowest BCUT2D eigenvalue weighted by Gasteiger charge is -2.29. The molecule has 1 amide bonds. The van der Waals surface area contributed by atoms with E-state index in [0.717, 1.165) is 51.6 Å². The Hall–Kier alpha value is -0.610. The summed E-state index contributed by atoms with van der Waals surface area (Å²) >= 11 is 0. The summed E-state index contributed by atoms with van der Waals surface area (Å²) in [5.41, 5.74) is 0. The molecule has 16 heavy (non-hydrogen) atoms. The maximum atomic E-state index is 11.9. The van der Waals surface area contributed by atoms with Crippen LogP contribution in [0.25, 0.3) is 0 Å². The predicted molar refractivity (Wildman–Crippen MR) is 62.0 cm³/mol. The fraction of sp³-hybridized carbons (Fsp3) is 0.917. The number of rotatable bonds is 2. The van der Waals surface area contributed by atoms with Crippen LogP contribution in [0.5, 0.6) is 0 Å². The Balaban J connectivity index is 1.73. The van der Waals surface area contributed by atoms with Crippen LogP contribution in [0.4, 0.5) is 0 Å². The average molecular weight is 226 g/mol. The zero-order valence-electron chi connectivity index (χ0n) is 9.74. The van der Waals surface area contributed by atoms with Crippen LogP contribution in [-0.2, 0) is 4.79 Å². The first-order valence-electron chi connectivity index (χ1n) is 6.45. The van der Waals surface area contributed by atoms with Crippen LogP contribution in [0.3, 0.4) is 0 Å². The predicted octanol–water partition coefficient (Wildman–Crippen LogP) is 0.406. The van der Waals surface area contributed by atoms with E-state index in [9.17, 15) is 9.90 Å². The summed E-state index contributed by atoms with van der Waals surface area (Å²) in [6, 6.07) is 0.290. The summed E-state index contributed by atoms with van der Waals surface area (Å²) in [5, 5.41) is 15.8. The van der Waals surface area contributed by atoms with Crippen molar-refractivity contribution in [2.75, 3.05) is 13.1 Å². The normalized spacial score (nSPS) is 35.7. The molecule has 0 spiro atoms. The van der Waals surface area contributed by atoms with E-state index in [0.29, 0.717) is 0 Å². The zero-order valence-corrected chi connectivity index (χ0v) is 9.74. The van der Waals surface area contributed by atoms with Crippen molar-refractivity contribution in [3.63, 3.8) is 0 Å². The maximum absolute atomic E-state index is 11.9. The minimum atomic E-state index is -0.149. The van der Waals surface area contributed by atoms with Gasteiger partial charge in [0.1, 0.15) is 0 Å². The van der Waals surface area contributed by atoms with Crippen molar-refractivity contribution >= 4 is 5.91 Å². The van der Waals surface area contributed by atoms with Gasteiger partial charge in [0.2, 0.25) is 5.91 Å². The van der Waals surface area contributed by atoms with Gasteiger partial charge in [-0.25, -0.2) is 0 Å². The minimum Gasteiger partial charge on any atom is -0.393 e. The number of nitrogens with one attached hydrogen (secondary N) is 2. The first kappa shape index (κ1) is 11.9. The van der Waals surface area contributed by atoms with Crippen molar-refractivity contribution in [2.24, 2.45) is 5.92 Å². The third kappa shape index (κ3) is 3.19. The first-order valence-corrected chi connectivity index (χ1v) is 6.45. The molecule has 2 aliphatic rings. The third-order valence-electron chi connectivity index (χ3n) is 3.71. The molecule has 1 saturated carbocycles. The molecule has 0 aromatic heterocycles. The van der Waals surface area contributed by atoms with Crippen LogP contribution < -0.4 is 10.6 Å². The summed E-state index contributed by atoms with van der Waals surface area (Å²) in [4.78, 5) is 11.9. The molecular weight excluding hydrogens is 204 g/mol. The number of hydrogen-bond donors (Lipinski definition) is 3. The molecule has 0 aromatic rings. The molecular formula is C12H22N2O2. The molecule has 0 bridgehead atoms. The van der Waals surface area contributed by atoms with Gasteiger partial charge in [-0.3, -0.25) is 4.79 Å². The van der Waals surface area contributed by atoms with Gasteiger partial charge in [0.25, 0.3) is 0 Å². The Kier molecular flexibility index (Phi) is 4.18. The molecule has 1 heterocycles. The zero-order chi connectivity index (χ0) is 11.4. The average Bonchev–Trinajstić information content (AvgIpc) is 2.33. The first-order chi connectivity index (χ1) is 7.75. The van der Waals surface area contributed by atoms with Gasteiger partial charge in [-0.2, -0.15) is 0 Å². The molecule has 4 nitrogen and oxygen atoms in total. The standard InChI is InChI=1S/C12H22N2O2/c15-11-5-3-10(4-6-11)14-12(16)9-2-1-7-13-8-9/h9-11,13,15H,1-8H2,(H,14,16). The SMILES string of the molecule is O=C(NC1CCC(O)CC1)C1CCCNC1. The monoisotopic (exact) mass is 226 g/mol. The minimum absolute atomic E-state index is 0.149. The molecule has 1 aliphatic heterocycles. The second-order valence-electron chi connectivity index (χ2n) is 5.06. The van der Waals surface area contributed by atoms with Crippen LogP contribution >= 0.6 is 0 Å². The highest BCUT2D eigenvalue weighted by molar-refractivity contribution is 5.79. The largest absolute Gasteiger partial charge is 0.393 e. The van der Waals surface area contributed by atoms with E-state index < -0.39 is 0 Å². The van der Waals surface area contributed by atoms with E-state index in [4.69, 9.17) is 0 Å². The van der Waals surface area contributed by atoms with Crippen molar-refractivity contribution < 1.29 is 9.90 Å². The van der Waals surface area contributed by atoms with Gasteiger partial charge in [-0.05, 0) is 45.1 Å². The number of carbonyl (C=O) groups is 1. The fourth-order valence-corrected chi connectivity index (χ4v) is 2.61. The van der Waals surface area contributed by atoms with Gasteiger partial charge in [-0.1, -0.05) is 0 Å². The van der Waals surface area contributed by atoms with Crippen LogP contribution in [-0.4, -0.2) is 36.2 Å². The molecule has 0 radical (unpaired) electrons. The fourth-order valence-electron chi connectivity index (χ4n) is 2.61. The smallest absolute Gasteiger partial charge is 0.224 e. The highest BCUT2D eigenvalue weighted by Crippen LogP contribution is 2.19. The third-order valence-corrected chi connectivity index (χ3v) is 3.71. The number of aliphatic hydroxyl groups is 1. The second-order valence-corrected chi connectivity index (χ2v) is 5.06. The Bertz CT molecular complexity index is 231.